The lowest BCUT2D eigenvalue weighted by atomic mass is 9.77. The highest BCUT2D eigenvalue weighted by atomic mass is 16.3. The fourth-order valence-electron chi connectivity index (χ4n) is 2.83. The van der Waals surface area contributed by atoms with E-state index in [1.54, 1.807) is 0 Å². The van der Waals surface area contributed by atoms with Gasteiger partial charge in [0.25, 0.3) is 0 Å². The molecular weight excluding hydrogens is 234 g/mol. The van der Waals surface area contributed by atoms with Crippen LogP contribution in [0.3, 0.4) is 0 Å². The first-order valence-electron chi connectivity index (χ1n) is 7.22. The number of furan rings is 1. The summed E-state index contributed by atoms with van der Waals surface area (Å²) < 4.78 is 6.03. The standard InChI is InChI=1S/C17H25NO/c1-6-13-15(16(18-5)17(3,4)7-2)12-10-8-9-11-14(12)19-13/h8-11,16,18H,6-7H2,1-5H3. The molecule has 0 saturated carbocycles. The van der Waals surface area contributed by atoms with Crippen molar-refractivity contribution >= 4 is 11.0 Å². The topological polar surface area (TPSA) is 25.2 Å². The molecule has 2 rings (SSSR count). The summed E-state index contributed by atoms with van der Waals surface area (Å²) in [7, 11) is 2.04. The van der Waals surface area contributed by atoms with E-state index in [0.29, 0.717) is 6.04 Å². The van der Waals surface area contributed by atoms with E-state index in [2.05, 4.69) is 51.2 Å². The van der Waals surface area contributed by atoms with Crippen LogP contribution in [0.25, 0.3) is 11.0 Å². The molecular formula is C17H25NO. The SMILES string of the molecule is CCc1oc2ccccc2c1C(NC)C(C)(C)CC. The zero-order valence-corrected chi connectivity index (χ0v) is 12.7. The molecule has 0 aliphatic rings. The van der Waals surface area contributed by atoms with Crippen LogP contribution in [0.4, 0.5) is 0 Å². The van der Waals surface area contributed by atoms with Gasteiger partial charge in [0.15, 0.2) is 0 Å². The number of para-hydroxylation sites is 1. The fourth-order valence-corrected chi connectivity index (χ4v) is 2.83. The zero-order chi connectivity index (χ0) is 14.0. The summed E-state index contributed by atoms with van der Waals surface area (Å²) in [5.74, 6) is 1.11. The summed E-state index contributed by atoms with van der Waals surface area (Å²) >= 11 is 0. The lowest BCUT2D eigenvalue weighted by Gasteiger charge is -2.33. The smallest absolute Gasteiger partial charge is 0.134 e. The molecule has 19 heavy (non-hydrogen) atoms. The lowest BCUT2D eigenvalue weighted by molar-refractivity contribution is 0.243. The molecule has 0 aliphatic carbocycles. The van der Waals surface area contributed by atoms with Crippen molar-refractivity contribution in [1.82, 2.24) is 5.32 Å². The predicted octanol–water partition coefficient (Wildman–Crippen LogP) is 4.69. The highest BCUT2D eigenvalue weighted by Crippen LogP contribution is 2.41. The third-order valence-corrected chi connectivity index (χ3v) is 4.30. The van der Waals surface area contributed by atoms with Crippen LogP contribution >= 0.6 is 0 Å². The van der Waals surface area contributed by atoms with E-state index in [1.807, 2.05) is 13.1 Å². The Bertz CT molecular complexity index is 553. The van der Waals surface area contributed by atoms with Crippen LogP contribution in [0.15, 0.2) is 28.7 Å². The van der Waals surface area contributed by atoms with E-state index in [9.17, 15) is 0 Å². The Morgan fingerprint density at radius 3 is 2.47 bits per heavy atom. The van der Waals surface area contributed by atoms with Crippen molar-refractivity contribution in [2.45, 2.75) is 46.6 Å². The van der Waals surface area contributed by atoms with Gasteiger partial charge in [-0.2, -0.15) is 0 Å². The number of hydrogen-bond acceptors (Lipinski definition) is 2. The molecule has 0 amide bonds. The van der Waals surface area contributed by atoms with Crippen molar-refractivity contribution in [3.05, 3.63) is 35.6 Å². The molecule has 0 bridgehead atoms. The maximum Gasteiger partial charge on any atom is 0.134 e. The van der Waals surface area contributed by atoms with E-state index in [0.717, 1.165) is 24.2 Å². The first-order valence-corrected chi connectivity index (χ1v) is 7.22. The summed E-state index contributed by atoms with van der Waals surface area (Å²) in [6, 6.07) is 8.67. The van der Waals surface area contributed by atoms with Gasteiger partial charge in [-0.1, -0.05) is 45.9 Å². The summed E-state index contributed by atoms with van der Waals surface area (Å²) in [5.41, 5.74) is 2.54. The van der Waals surface area contributed by atoms with Crippen molar-refractivity contribution in [2.24, 2.45) is 5.41 Å². The van der Waals surface area contributed by atoms with Crippen molar-refractivity contribution in [1.29, 1.82) is 0 Å². The van der Waals surface area contributed by atoms with Crippen molar-refractivity contribution < 1.29 is 4.42 Å². The maximum absolute atomic E-state index is 6.03. The van der Waals surface area contributed by atoms with Crippen LogP contribution in [-0.4, -0.2) is 7.05 Å². The Morgan fingerprint density at radius 1 is 1.21 bits per heavy atom. The number of aryl methyl sites for hydroxylation is 1. The van der Waals surface area contributed by atoms with E-state index >= 15 is 0 Å². The molecule has 1 atom stereocenters. The van der Waals surface area contributed by atoms with E-state index < -0.39 is 0 Å². The largest absolute Gasteiger partial charge is 0.461 e. The van der Waals surface area contributed by atoms with Crippen LogP contribution in [-0.2, 0) is 6.42 Å². The molecule has 1 N–H and O–H groups in total. The second kappa shape index (κ2) is 5.38. The second-order valence-corrected chi connectivity index (χ2v) is 5.85. The molecule has 1 unspecified atom stereocenters. The Morgan fingerprint density at radius 2 is 1.89 bits per heavy atom. The second-order valence-electron chi connectivity index (χ2n) is 5.85. The maximum atomic E-state index is 6.03. The van der Waals surface area contributed by atoms with Crippen molar-refractivity contribution in [3.63, 3.8) is 0 Å². The van der Waals surface area contributed by atoms with Gasteiger partial charge in [-0.15, -0.1) is 0 Å². The molecule has 2 aromatic rings. The van der Waals surface area contributed by atoms with Gasteiger partial charge in [-0.05, 0) is 24.9 Å². The average Bonchev–Trinajstić information content (AvgIpc) is 2.78. The minimum atomic E-state index is 0.200. The minimum Gasteiger partial charge on any atom is -0.461 e. The average molecular weight is 259 g/mol. The van der Waals surface area contributed by atoms with Crippen LogP contribution in [0.1, 0.15) is 51.5 Å². The number of benzene rings is 1. The summed E-state index contributed by atoms with van der Waals surface area (Å²) in [6.45, 7) is 9.04. The number of rotatable bonds is 5. The molecule has 1 aromatic heterocycles. The number of fused-ring (bicyclic) bond motifs is 1. The van der Waals surface area contributed by atoms with Gasteiger partial charge in [0.05, 0.1) is 0 Å². The molecule has 0 spiro atoms. The van der Waals surface area contributed by atoms with Crippen LogP contribution in [0.5, 0.6) is 0 Å². The molecule has 104 valence electrons. The zero-order valence-electron chi connectivity index (χ0n) is 12.7. The minimum absolute atomic E-state index is 0.200. The molecule has 2 heteroatoms. The van der Waals surface area contributed by atoms with Crippen molar-refractivity contribution in [3.8, 4) is 0 Å². The lowest BCUT2D eigenvalue weighted by Crippen LogP contribution is -2.32. The van der Waals surface area contributed by atoms with Gasteiger partial charge in [0.1, 0.15) is 11.3 Å². The van der Waals surface area contributed by atoms with E-state index in [-0.39, 0.29) is 5.41 Å². The summed E-state index contributed by atoms with van der Waals surface area (Å²) in [6.07, 6.45) is 2.06. The van der Waals surface area contributed by atoms with Crippen LogP contribution in [0.2, 0.25) is 0 Å². The monoisotopic (exact) mass is 259 g/mol. The fraction of sp³-hybridized carbons (Fsp3) is 0.529. The Kier molecular flexibility index (Phi) is 4.00. The Balaban J connectivity index is 2.65. The van der Waals surface area contributed by atoms with Crippen LogP contribution in [0, 0.1) is 5.41 Å². The third kappa shape index (κ3) is 2.42. The van der Waals surface area contributed by atoms with Gasteiger partial charge in [-0.3, -0.25) is 0 Å². The van der Waals surface area contributed by atoms with Gasteiger partial charge in [0.2, 0.25) is 0 Å². The Hall–Kier alpha value is -1.28. The normalized spacial score (nSPS) is 13.9. The van der Waals surface area contributed by atoms with Gasteiger partial charge < -0.3 is 9.73 Å². The van der Waals surface area contributed by atoms with Crippen molar-refractivity contribution in [2.75, 3.05) is 7.05 Å². The van der Waals surface area contributed by atoms with Crippen LogP contribution < -0.4 is 5.32 Å². The predicted molar refractivity (Wildman–Crippen MR) is 81.5 cm³/mol. The van der Waals surface area contributed by atoms with Gasteiger partial charge in [-0.25, -0.2) is 0 Å². The molecule has 1 heterocycles. The summed E-state index contributed by atoms with van der Waals surface area (Å²) in [4.78, 5) is 0. The molecule has 0 fully saturated rings. The number of hydrogen-bond donors (Lipinski definition) is 1. The Labute approximate surface area is 116 Å². The van der Waals surface area contributed by atoms with E-state index in [1.165, 1.54) is 10.9 Å². The first-order chi connectivity index (χ1) is 9.05. The highest BCUT2D eigenvalue weighted by Gasteiger charge is 2.32. The highest BCUT2D eigenvalue weighted by molar-refractivity contribution is 5.83. The third-order valence-electron chi connectivity index (χ3n) is 4.30. The molecule has 2 nitrogen and oxygen atoms in total. The molecule has 1 aromatic carbocycles. The number of nitrogens with one attached hydrogen (secondary N) is 1. The van der Waals surface area contributed by atoms with Gasteiger partial charge in [0, 0.05) is 23.4 Å². The molecule has 0 radical (unpaired) electrons. The molecule has 0 saturated heterocycles. The van der Waals surface area contributed by atoms with E-state index in [4.69, 9.17) is 4.42 Å². The first kappa shape index (κ1) is 14.1. The quantitative estimate of drug-likeness (QED) is 0.842. The molecule has 0 aliphatic heterocycles. The van der Waals surface area contributed by atoms with Gasteiger partial charge >= 0.3 is 0 Å². The summed E-state index contributed by atoms with van der Waals surface area (Å²) in [5, 5.41) is 4.75.